The predicted octanol–water partition coefficient (Wildman–Crippen LogP) is 3.66. The summed E-state index contributed by atoms with van der Waals surface area (Å²) in [5.74, 6) is -0.906. The number of nitrogens with one attached hydrogen (secondary N) is 2. The Morgan fingerprint density at radius 1 is 1.00 bits per heavy atom. The molecule has 0 aliphatic carbocycles. The second-order valence-corrected chi connectivity index (χ2v) is 8.07. The number of carbonyl (C=O) groups is 3. The zero-order valence-corrected chi connectivity index (χ0v) is 18.3. The van der Waals surface area contributed by atoms with Crippen LogP contribution < -0.4 is 10.6 Å². The molecule has 0 saturated carbocycles. The summed E-state index contributed by atoms with van der Waals surface area (Å²) in [5, 5.41) is 6.21. The molecule has 0 spiro atoms. The first-order chi connectivity index (χ1) is 14.9. The molecule has 0 radical (unpaired) electrons. The van der Waals surface area contributed by atoms with Gasteiger partial charge in [0.05, 0.1) is 24.8 Å². The van der Waals surface area contributed by atoms with Gasteiger partial charge >= 0.3 is 5.97 Å². The number of amides is 2. The van der Waals surface area contributed by atoms with E-state index in [9.17, 15) is 14.4 Å². The minimum atomic E-state index is -0.440. The van der Waals surface area contributed by atoms with E-state index in [0.717, 1.165) is 11.1 Å². The number of methoxy groups -OCH3 is 1. The fourth-order valence-corrected chi connectivity index (χ4v) is 3.84. The summed E-state index contributed by atoms with van der Waals surface area (Å²) in [7, 11) is 1.31. The standard InChI is InChI=1S/C23H23N3O4S/c1-14-4-6-16(7-5-14)13-24-22(28)21-15(2)25-20(31-21)12-19(27)26-18-10-8-17(9-11-18)23(29)30-3/h4-11H,12-13H2,1-3H3,(H,24,28)(H,26,27). The third-order valence-electron chi connectivity index (χ3n) is 4.52. The minimum absolute atomic E-state index is 0.0511. The lowest BCUT2D eigenvalue weighted by Gasteiger charge is -2.05. The summed E-state index contributed by atoms with van der Waals surface area (Å²) in [4.78, 5) is 41.2. The average molecular weight is 438 g/mol. The van der Waals surface area contributed by atoms with Crippen LogP contribution in [-0.4, -0.2) is 29.9 Å². The SMILES string of the molecule is COC(=O)c1ccc(NC(=O)Cc2nc(C)c(C(=O)NCc3ccc(C)cc3)s2)cc1. The summed E-state index contributed by atoms with van der Waals surface area (Å²) in [6.45, 7) is 4.19. The number of aromatic nitrogens is 1. The molecule has 0 aliphatic heterocycles. The van der Waals surface area contributed by atoms with Gasteiger partial charge in [-0.3, -0.25) is 9.59 Å². The van der Waals surface area contributed by atoms with Gasteiger partial charge in [0.1, 0.15) is 9.88 Å². The zero-order valence-electron chi connectivity index (χ0n) is 17.5. The molecule has 0 fully saturated rings. The number of hydrogen-bond donors (Lipinski definition) is 2. The van der Waals surface area contributed by atoms with E-state index in [2.05, 4.69) is 20.4 Å². The maximum Gasteiger partial charge on any atom is 0.337 e. The molecule has 0 unspecified atom stereocenters. The largest absolute Gasteiger partial charge is 0.465 e. The Balaban J connectivity index is 1.57. The first kappa shape index (κ1) is 22.2. The van der Waals surface area contributed by atoms with E-state index < -0.39 is 5.97 Å². The van der Waals surface area contributed by atoms with Crippen molar-refractivity contribution in [2.75, 3.05) is 12.4 Å². The molecular weight excluding hydrogens is 414 g/mol. The van der Waals surface area contributed by atoms with Crippen molar-refractivity contribution in [2.24, 2.45) is 0 Å². The van der Waals surface area contributed by atoms with Gasteiger partial charge in [-0.05, 0) is 43.7 Å². The van der Waals surface area contributed by atoms with Gasteiger partial charge in [-0.25, -0.2) is 9.78 Å². The lowest BCUT2D eigenvalue weighted by atomic mass is 10.1. The molecule has 8 heteroatoms. The van der Waals surface area contributed by atoms with Gasteiger partial charge in [0.15, 0.2) is 0 Å². The van der Waals surface area contributed by atoms with Gasteiger partial charge < -0.3 is 15.4 Å². The number of nitrogens with zero attached hydrogens (tertiary/aromatic N) is 1. The van der Waals surface area contributed by atoms with Crippen molar-refractivity contribution in [3.8, 4) is 0 Å². The number of esters is 1. The zero-order chi connectivity index (χ0) is 22.4. The molecule has 0 bridgehead atoms. The third kappa shape index (κ3) is 5.99. The van der Waals surface area contributed by atoms with Gasteiger partial charge in [0.2, 0.25) is 5.91 Å². The van der Waals surface area contributed by atoms with E-state index in [0.29, 0.717) is 33.4 Å². The molecular formula is C23H23N3O4S. The van der Waals surface area contributed by atoms with Crippen LogP contribution in [0.1, 0.15) is 41.9 Å². The average Bonchev–Trinajstić information content (AvgIpc) is 3.12. The number of rotatable bonds is 7. The normalized spacial score (nSPS) is 10.4. The highest BCUT2D eigenvalue weighted by Crippen LogP contribution is 2.19. The lowest BCUT2D eigenvalue weighted by molar-refractivity contribution is -0.115. The number of anilines is 1. The molecule has 3 rings (SSSR count). The predicted molar refractivity (Wildman–Crippen MR) is 119 cm³/mol. The number of ether oxygens (including phenoxy) is 1. The highest BCUT2D eigenvalue weighted by Gasteiger charge is 2.17. The maximum atomic E-state index is 12.5. The lowest BCUT2D eigenvalue weighted by Crippen LogP contribution is -2.22. The van der Waals surface area contributed by atoms with E-state index >= 15 is 0 Å². The maximum absolute atomic E-state index is 12.5. The Labute approximate surface area is 184 Å². The fraction of sp³-hybridized carbons (Fsp3) is 0.217. The van der Waals surface area contributed by atoms with Crippen LogP contribution >= 0.6 is 11.3 Å². The van der Waals surface area contributed by atoms with Gasteiger partial charge in [-0.2, -0.15) is 0 Å². The van der Waals surface area contributed by atoms with Gasteiger partial charge in [-0.15, -0.1) is 11.3 Å². The summed E-state index contributed by atoms with van der Waals surface area (Å²) in [6.07, 6.45) is 0.0511. The number of benzene rings is 2. The monoisotopic (exact) mass is 437 g/mol. The van der Waals surface area contributed by atoms with Crippen LogP contribution in [0.3, 0.4) is 0 Å². The molecule has 0 saturated heterocycles. The second-order valence-electron chi connectivity index (χ2n) is 6.98. The van der Waals surface area contributed by atoms with Crippen molar-refractivity contribution in [1.29, 1.82) is 0 Å². The van der Waals surface area contributed by atoms with Gasteiger partial charge in [0.25, 0.3) is 5.91 Å². The molecule has 2 amide bonds. The van der Waals surface area contributed by atoms with Crippen LogP contribution in [0.5, 0.6) is 0 Å². The molecule has 160 valence electrons. The van der Waals surface area contributed by atoms with Crippen LogP contribution in [0, 0.1) is 13.8 Å². The van der Waals surface area contributed by atoms with Crippen molar-refractivity contribution in [1.82, 2.24) is 10.3 Å². The Bertz CT molecular complexity index is 1090. The third-order valence-corrected chi connectivity index (χ3v) is 5.68. The Morgan fingerprint density at radius 2 is 1.68 bits per heavy atom. The van der Waals surface area contributed by atoms with Crippen LogP contribution in [0.25, 0.3) is 0 Å². The van der Waals surface area contributed by atoms with Crippen molar-refractivity contribution < 1.29 is 19.1 Å². The smallest absolute Gasteiger partial charge is 0.337 e. The fourth-order valence-electron chi connectivity index (χ4n) is 2.86. The number of thiazole rings is 1. The molecule has 31 heavy (non-hydrogen) atoms. The molecule has 2 N–H and O–H groups in total. The molecule has 0 aliphatic rings. The Hall–Kier alpha value is -3.52. The molecule has 7 nitrogen and oxygen atoms in total. The van der Waals surface area contributed by atoms with Crippen molar-refractivity contribution in [3.63, 3.8) is 0 Å². The Kier molecular flexibility index (Phi) is 7.15. The first-order valence-corrected chi connectivity index (χ1v) is 10.5. The summed E-state index contributed by atoms with van der Waals surface area (Å²) >= 11 is 1.21. The first-order valence-electron chi connectivity index (χ1n) is 9.64. The van der Waals surface area contributed by atoms with E-state index in [1.165, 1.54) is 18.4 Å². The molecule has 3 aromatic rings. The summed E-state index contributed by atoms with van der Waals surface area (Å²) in [6, 6.07) is 14.4. The van der Waals surface area contributed by atoms with E-state index in [1.54, 1.807) is 31.2 Å². The van der Waals surface area contributed by atoms with E-state index in [4.69, 9.17) is 0 Å². The molecule has 2 aromatic carbocycles. The van der Waals surface area contributed by atoms with Crippen LogP contribution in [0.2, 0.25) is 0 Å². The van der Waals surface area contributed by atoms with E-state index in [-0.39, 0.29) is 18.2 Å². The number of carbonyl (C=O) groups excluding carboxylic acids is 3. The van der Waals surface area contributed by atoms with Crippen molar-refractivity contribution in [3.05, 3.63) is 80.8 Å². The number of hydrogen-bond acceptors (Lipinski definition) is 6. The van der Waals surface area contributed by atoms with Crippen LogP contribution in [0.15, 0.2) is 48.5 Å². The van der Waals surface area contributed by atoms with Crippen molar-refractivity contribution in [2.45, 2.75) is 26.8 Å². The summed E-state index contributed by atoms with van der Waals surface area (Å²) in [5.41, 5.74) is 3.73. The Morgan fingerprint density at radius 3 is 2.32 bits per heavy atom. The topological polar surface area (TPSA) is 97.4 Å². The van der Waals surface area contributed by atoms with Crippen molar-refractivity contribution >= 4 is 34.8 Å². The highest BCUT2D eigenvalue weighted by atomic mass is 32.1. The summed E-state index contributed by atoms with van der Waals surface area (Å²) < 4.78 is 4.65. The molecule has 0 atom stereocenters. The molecule has 1 heterocycles. The van der Waals surface area contributed by atoms with Gasteiger partial charge in [0, 0.05) is 12.2 Å². The second kappa shape index (κ2) is 9.99. The highest BCUT2D eigenvalue weighted by molar-refractivity contribution is 7.13. The van der Waals surface area contributed by atoms with Crippen LogP contribution in [-0.2, 0) is 22.5 Å². The van der Waals surface area contributed by atoms with E-state index in [1.807, 2.05) is 31.2 Å². The molecule has 1 aromatic heterocycles. The quantitative estimate of drug-likeness (QED) is 0.550. The minimum Gasteiger partial charge on any atom is -0.465 e. The van der Waals surface area contributed by atoms with Crippen LogP contribution in [0.4, 0.5) is 5.69 Å². The number of aryl methyl sites for hydroxylation is 2. The van der Waals surface area contributed by atoms with Gasteiger partial charge in [-0.1, -0.05) is 29.8 Å².